The molecule has 0 aromatic carbocycles. The van der Waals surface area contributed by atoms with E-state index in [1.54, 1.807) is 24.0 Å². The molecule has 0 unspecified atom stereocenters. The zero-order valence-electron chi connectivity index (χ0n) is 11.7. The number of hydrogen-bond acceptors (Lipinski definition) is 6. The third-order valence-corrected chi connectivity index (χ3v) is 3.44. The average molecular weight is 283 g/mol. The van der Waals surface area contributed by atoms with Gasteiger partial charge < -0.3 is 20.1 Å². The third kappa shape index (κ3) is 2.76. The summed E-state index contributed by atoms with van der Waals surface area (Å²) in [5, 5.41) is 28.9. The lowest BCUT2D eigenvalue weighted by atomic mass is 10.2. The summed E-state index contributed by atoms with van der Waals surface area (Å²) in [7, 11) is 0. The highest BCUT2D eigenvalue weighted by molar-refractivity contribution is 5.60. The maximum Gasteiger partial charge on any atom is 0.160 e. The molecule has 1 fully saturated rings. The first-order valence-electron chi connectivity index (χ1n) is 6.80. The molecule has 0 bridgehead atoms. The largest absolute Gasteiger partial charge is 0.394 e. The lowest BCUT2D eigenvalue weighted by Crippen LogP contribution is -2.24. The molecule has 1 aromatic heterocycles. The predicted octanol–water partition coefficient (Wildman–Crippen LogP) is 0.689. The first-order chi connectivity index (χ1) is 9.62. The first kappa shape index (κ1) is 15.1. The van der Waals surface area contributed by atoms with Gasteiger partial charge in [-0.05, 0) is 13.3 Å². The summed E-state index contributed by atoms with van der Waals surface area (Å²) in [6.45, 7) is 3.41. The second-order valence-corrected chi connectivity index (χ2v) is 4.79. The molecule has 2 rings (SSSR count). The molecule has 1 saturated heterocycles. The normalized spacial score (nSPS) is 28.4. The van der Waals surface area contributed by atoms with Gasteiger partial charge in [0.05, 0.1) is 25.1 Å². The minimum absolute atomic E-state index is 0.233. The molecule has 7 heteroatoms. The fourth-order valence-corrected chi connectivity index (χ4v) is 2.31. The lowest BCUT2D eigenvalue weighted by molar-refractivity contribution is -0.0438. The molecule has 112 valence electrons. The number of ether oxygens (including phenoxy) is 1. The van der Waals surface area contributed by atoms with Crippen LogP contribution in [0.1, 0.15) is 44.7 Å². The van der Waals surface area contributed by atoms with Crippen molar-refractivity contribution in [1.82, 2.24) is 9.55 Å². The zero-order valence-corrected chi connectivity index (χ0v) is 11.7. The Morgan fingerprint density at radius 1 is 1.65 bits per heavy atom. The van der Waals surface area contributed by atoms with Crippen LogP contribution in [0.25, 0.3) is 0 Å². The van der Waals surface area contributed by atoms with E-state index in [2.05, 4.69) is 9.98 Å². The molecule has 2 heterocycles. The summed E-state index contributed by atoms with van der Waals surface area (Å²) in [6, 6.07) is 0. The number of aliphatic hydroxyl groups is 3. The maximum absolute atomic E-state index is 9.96. The van der Waals surface area contributed by atoms with E-state index < -0.39 is 24.5 Å². The van der Waals surface area contributed by atoms with E-state index in [0.29, 0.717) is 24.4 Å². The quantitative estimate of drug-likeness (QED) is 0.690. The van der Waals surface area contributed by atoms with Gasteiger partial charge in [0, 0.05) is 12.6 Å². The maximum atomic E-state index is 9.96. The Labute approximate surface area is 117 Å². The number of aliphatic imine (C=N–C) groups is 1. The molecule has 1 aromatic rings. The Morgan fingerprint density at radius 2 is 2.40 bits per heavy atom. The summed E-state index contributed by atoms with van der Waals surface area (Å²) >= 11 is 0. The molecule has 0 amide bonds. The minimum Gasteiger partial charge on any atom is -0.394 e. The zero-order chi connectivity index (χ0) is 14.7. The van der Waals surface area contributed by atoms with E-state index in [1.165, 1.54) is 0 Å². The predicted molar refractivity (Wildman–Crippen MR) is 72.9 cm³/mol. The van der Waals surface area contributed by atoms with Gasteiger partial charge in [-0.3, -0.25) is 4.57 Å². The van der Waals surface area contributed by atoms with E-state index in [4.69, 9.17) is 9.84 Å². The van der Waals surface area contributed by atoms with Crippen molar-refractivity contribution in [2.24, 2.45) is 4.99 Å². The van der Waals surface area contributed by atoms with Crippen LogP contribution in [0, 0.1) is 0 Å². The molecule has 0 radical (unpaired) electrons. The molecule has 1 aliphatic heterocycles. The Morgan fingerprint density at radius 3 is 2.95 bits per heavy atom. The van der Waals surface area contributed by atoms with Gasteiger partial charge in [0.25, 0.3) is 0 Å². The van der Waals surface area contributed by atoms with Gasteiger partial charge in [-0.25, -0.2) is 9.98 Å². The Kier molecular flexibility index (Phi) is 4.87. The molecule has 3 N–H and O–H groups in total. The smallest absolute Gasteiger partial charge is 0.160 e. The third-order valence-electron chi connectivity index (χ3n) is 3.44. The van der Waals surface area contributed by atoms with Crippen LogP contribution in [0.15, 0.2) is 11.3 Å². The first-order valence-corrected chi connectivity index (χ1v) is 6.80. The molecule has 4 atom stereocenters. The number of nitrogens with zero attached hydrogens (tertiary/aromatic N) is 3. The summed E-state index contributed by atoms with van der Waals surface area (Å²) in [5.41, 5.74) is 0.496. The minimum atomic E-state index is -0.717. The topological polar surface area (TPSA) is 100 Å². The lowest BCUT2D eigenvalue weighted by Gasteiger charge is -2.15. The van der Waals surface area contributed by atoms with Crippen LogP contribution in [-0.4, -0.2) is 49.9 Å². The van der Waals surface area contributed by atoms with E-state index in [9.17, 15) is 10.2 Å². The van der Waals surface area contributed by atoms with Gasteiger partial charge in [-0.15, -0.1) is 0 Å². The van der Waals surface area contributed by atoms with Gasteiger partial charge in [0.2, 0.25) is 0 Å². The van der Waals surface area contributed by atoms with Crippen molar-refractivity contribution in [3.05, 3.63) is 12.0 Å². The Hall–Kier alpha value is -1.28. The van der Waals surface area contributed by atoms with Gasteiger partial charge in [-0.1, -0.05) is 6.92 Å². The molecular formula is C13H21N3O4. The number of imidazole rings is 1. The van der Waals surface area contributed by atoms with Crippen LogP contribution < -0.4 is 0 Å². The number of aromatic nitrogens is 2. The monoisotopic (exact) mass is 283 g/mol. The van der Waals surface area contributed by atoms with Gasteiger partial charge in [0.1, 0.15) is 18.0 Å². The van der Waals surface area contributed by atoms with Crippen LogP contribution in [0.3, 0.4) is 0 Å². The molecule has 7 nitrogen and oxygen atoms in total. The number of rotatable bonds is 5. The molecule has 20 heavy (non-hydrogen) atoms. The highest BCUT2D eigenvalue weighted by atomic mass is 16.5. The molecule has 0 saturated carbocycles. The number of aliphatic hydroxyl groups excluding tert-OH is 3. The molecular weight excluding hydrogens is 262 g/mol. The van der Waals surface area contributed by atoms with E-state index in [1.807, 2.05) is 6.92 Å². The highest BCUT2D eigenvalue weighted by Crippen LogP contribution is 2.35. The van der Waals surface area contributed by atoms with E-state index in [-0.39, 0.29) is 6.61 Å². The fraction of sp³-hybridized carbons (Fsp3) is 0.692. The second kappa shape index (κ2) is 6.45. The van der Waals surface area contributed by atoms with Crippen LogP contribution in [0.2, 0.25) is 0 Å². The van der Waals surface area contributed by atoms with Crippen molar-refractivity contribution in [1.29, 1.82) is 0 Å². The van der Waals surface area contributed by atoms with Gasteiger partial charge in [0.15, 0.2) is 5.82 Å². The molecule has 0 spiro atoms. The average Bonchev–Trinajstić information content (AvgIpc) is 3.02. The molecule has 0 aliphatic carbocycles. The molecule has 1 aliphatic rings. The van der Waals surface area contributed by atoms with Crippen molar-refractivity contribution < 1.29 is 20.1 Å². The highest BCUT2D eigenvalue weighted by Gasteiger charge is 2.36. The van der Waals surface area contributed by atoms with Crippen LogP contribution in [0.5, 0.6) is 0 Å². The summed E-state index contributed by atoms with van der Waals surface area (Å²) in [6.07, 6.45) is 1.63. The SMILES string of the molecule is CC=Nc1c([C@H](O)CC)ncn1[C@H]1C[C@H](O)[C@@H](CO)O1. The van der Waals surface area contributed by atoms with Crippen LogP contribution in [0.4, 0.5) is 5.82 Å². The van der Waals surface area contributed by atoms with Gasteiger partial charge >= 0.3 is 0 Å². The summed E-state index contributed by atoms with van der Waals surface area (Å²) in [5.74, 6) is 0.526. The Balaban J connectivity index is 2.30. The summed E-state index contributed by atoms with van der Waals surface area (Å²) in [4.78, 5) is 8.45. The Bertz CT molecular complexity index is 474. The second-order valence-electron chi connectivity index (χ2n) is 4.79. The van der Waals surface area contributed by atoms with Crippen molar-refractivity contribution in [3.63, 3.8) is 0 Å². The van der Waals surface area contributed by atoms with E-state index in [0.717, 1.165) is 0 Å². The van der Waals surface area contributed by atoms with Crippen molar-refractivity contribution in [2.75, 3.05) is 6.61 Å². The summed E-state index contributed by atoms with van der Waals surface area (Å²) < 4.78 is 7.28. The standard InChI is InChI=1S/C13H21N3O4/c1-3-8(18)12-13(14-4-2)16(7-15-12)11-5-9(19)10(6-17)20-11/h4,7-11,17-19H,3,5-6H2,1-2H3/t8-,9+,10-,11-/m1/s1. The van der Waals surface area contributed by atoms with Crippen molar-refractivity contribution in [2.45, 2.75) is 51.2 Å². The van der Waals surface area contributed by atoms with Gasteiger partial charge in [-0.2, -0.15) is 0 Å². The van der Waals surface area contributed by atoms with Crippen LogP contribution >= 0.6 is 0 Å². The van der Waals surface area contributed by atoms with Crippen molar-refractivity contribution >= 4 is 12.0 Å². The fourth-order valence-electron chi connectivity index (χ4n) is 2.31. The van der Waals surface area contributed by atoms with E-state index >= 15 is 0 Å². The van der Waals surface area contributed by atoms with Crippen LogP contribution in [-0.2, 0) is 4.74 Å². The number of hydrogen-bond donors (Lipinski definition) is 3. The van der Waals surface area contributed by atoms with Crippen molar-refractivity contribution in [3.8, 4) is 0 Å².